The average molecular weight is 398 g/mol. The number of nitrogens with one attached hydrogen (secondary N) is 1. The van der Waals surface area contributed by atoms with Crippen LogP contribution >= 0.6 is 26.5 Å². The molecular formula is C10H14N2Na2O6P2S. The molecule has 118 valence electrons. The Morgan fingerprint density at radius 1 is 1.04 bits per heavy atom. The summed E-state index contributed by atoms with van der Waals surface area (Å²) in [5.41, 5.74) is -0.983. The van der Waals surface area contributed by atoms with Gasteiger partial charge in [-0.05, 0) is 0 Å². The van der Waals surface area contributed by atoms with Gasteiger partial charge in [-0.2, -0.15) is 0 Å². The Hall–Kier alpha value is 0.950. The van der Waals surface area contributed by atoms with Crippen LogP contribution in [0, 0.1) is 0 Å². The Labute approximate surface area is 183 Å². The number of hydrogen-bond donors (Lipinski definition) is 5. The minimum atomic E-state index is -5.03. The molecule has 1 heterocycles. The van der Waals surface area contributed by atoms with E-state index in [9.17, 15) is 9.13 Å². The summed E-state index contributed by atoms with van der Waals surface area (Å²) in [5, 5.41) is 3.77. The van der Waals surface area contributed by atoms with Gasteiger partial charge in [0, 0.05) is 10.9 Å². The van der Waals surface area contributed by atoms with Crippen molar-refractivity contribution in [3.05, 3.63) is 35.7 Å². The van der Waals surface area contributed by atoms with E-state index in [0.29, 0.717) is 5.69 Å². The maximum Gasteiger partial charge on any atom is 1.00 e. The minimum absolute atomic E-state index is 0. The zero-order valence-electron chi connectivity index (χ0n) is 14.4. The Balaban J connectivity index is -0.00000121. The number of thiazole rings is 1. The van der Waals surface area contributed by atoms with Gasteiger partial charge >= 0.3 is 74.3 Å². The van der Waals surface area contributed by atoms with Crippen LogP contribution in [-0.4, -0.2) is 30.1 Å². The monoisotopic (exact) mass is 398 g/mol. The first kappa shape index (κ1) is 23.9. The molecule has 0 radical (unpaired) electrons. The molecule has 8 nitrogen and oxygen atoms in total. The third-order valence-electron chi connectivity index (χ3n) is 2.46. The molecule has 1 aromatic heterocycles. The van der Waals surface area contributed by atoms with Crippen molar-refractivity contribution in [2.75, 3.05) is 5.32 Å². The fourth-order valence-electron chi connectivity index (χ4n) is 1.56. The predicted molar refractivity (Wildman–Crippen MR) is 81.3 cm³/mol. The van der Waals surface area contributed by atoms with Gasteiger partial charge in [-0.15, -0.1) is 11.3 Å². The summed E-state index contributed by atoms with van der Waals surface area (Å²) >= 11 is 0.996. The number of benzene rings is 1. The second-order valence-corrected chi connectivity index (χ2v) is 8.75. The largest absolute Gasteiger partial charge is 1.00 e. The van der Waals surface area contributed by atoms with Crippen LogP contribution in [-0.2, 0) is 9.13 Å². The third-order valence-corrected chi connectivity index (χ3v) is 6.57. The minimum Gasteiger partial charge on any atom is -1.00 e. The molecule has 0 aliphatic carbocycles. The van der Waals surface area contributed by atoms with Crippen LogP contribution < -0.4 is 64.4 Å². The fraction of sp³-hybridized carbons (Fsp3) is 0.100. The van der Waals surface area contributed by atoms with Gasteiger partial charge in [0.15, 0.2) is 5.13 Å². The van der Waals surface area contributed by atoms with Crippen molar-refractivity contribution in [3.8, 4) is 11.3 Å². The van der Waals surface area contributed by atoms with E-state index in [2.05, 4.69) is 10.3 Å². The molecule has 0 spiro atoms. The van der Waals surface area contributed by atoms with Gasteiger partial charge in [0.2, 0.25) is 5.52 Å². The van der Waals surface area contributed by atoms with Crippen molar-refractivity contribution in [1.29, 1.82) is 0 Å². The first-order valence-corrected chi connectivity index (χ1v) is 9.80. The zero-order valence-corrected chi connectivity index (χ0v) is 19.0. The van der Waals surface area contributed by atoms with Gasteiger partial charge in [0.25, 0.3) is 0 Å². The molecule has 0 bridgehead atoms. The van der Waals surface area contributed by atoms with Gasteiger partial charge in [0.05, 0.1) is 5.69 Å². The van der Waals surface area contributed by atoms with Crippen LogP contribution in [0.2, 0.25) is 0 Å². The Morgan fingerprint density at radius 3 is 2.04 bits per heavy atom. The zero-order chi connectivity index (χ0) is 15.7. The second kappa shape index (κ2) is 9.59. The number of nitrogens with zero attached hydrogens (tertiary/aromatic N) is 1. The van der Waals surface area contributed by atoms with Gasteiger partial charge in [-0.3, -0.25) is 9.13 Å². The molecule has 5 N–H and O–H groups in total. The van der Waals surface area contributed by atoms with Crippen molar-refractivity contribution in [3.63, 3.8) is 0 Å². The van der Waals surface area contributed by atoms with Crippen LogP contribution in [0.3, 0.4) is 0 Å². The summed E-state index contributed by atoms with van der Waals surface area (Å²) in [7, 11) is -10.1. The summed E-state index contributed by atoms with van der Waals surface area (Å²) in [5.74, 6) is 0. The Morgan fingerprint density at radius 2 is 1.57 bits per heavy atom. The summed E-state index contributed by atoms with van der Waals surface area (Å²) < 4.78 is 22.4. The van der Waals surface area contributed by atoms with E-state index in [1.54, 1.807) is 29.6 Å². The fourth-order valence-corrected chi connectivity index (χ4v) is 4.63. The standard InChI is InChI=1S/C10H12N2O6P2S.2Na.2H/c13-19(14,15)10(20(16,17)18)12-9-11-8(6-21-9)7-4-2-1-3-5-7;;;;/h1-6,10H,(H,11,12)(H2,13,14,15)(H2,16,17,18);;;;/q;2*+1;2*-1. The molecular weight excluding hydrogens is 384 g/mol. The van der Waals surface area contributed by atoms with Gasteiger partial charge in [-0.1, -0.05) is 30.3 Å². The number of rotatable bonds is 5. The van der Waals surface area contributed by atoms with Crippen molar-refractivity contribution in [2.24, 2.45) is 0 Å². The summed E-state index contributed by atoms with van der Waals surface area (Å²) in [6.45, 7) is 0. The quantitative estimate of drug-likeness (QED) is 0.254. The van der Waals surface area contributed by atoms with Crippen molar-refractivity contribution in [1.82, 2.24) is 4.98 Å². The third kappa shape index (κ3) is 6.99. The van der Waals surface area contributed by atoms with Crippen LogP contribution in [0.25, 0.3) is 11.3 Å². The van der Waals surface area contributed by atoms with Gasteiger partial charge < -0.3 is 27.7 Å². The topological polar surface area (TPSA) is 140 Å². The van der Waals surface area contributed by atoms with Crippen LogP contribution in [0.5, 0.6) is 0 Å². The average Bonchev–Trinajstić information content (AvgIpc) is 2.83. The maximum atomic E-state index is 11.2. The number of aromatic nitrogens is 1. The molecule has 0 amide bonds. The van der Waals surface area contributed by atoms with Crippen molar-refractivity contribution in [2.45, 2.75) is 5.52 Å². The van der Waals surface area contributed by atoms with Crippen molar-refractivity contribution < 1.29 is 90.7 Å². The van der Waals surface area contributed by atoms with E-state index in [1.165, 1.54) is 0 Å². The molecule has 23 heavy (non-hydrogen) atoms. The van der Waals surface area contributed by atoms with Crippen LogP contribution in [0.1, 0.15) is 2.85 Å². The smallest absolute Gasteiger partial charge is 1.00 e. The first-order valence-electron chi connectivity index (χ1n) is 5.56. The molecule has 0 aliphatic heterocycles. The molecule has 0 atom stereocenters. The van der Waals surface area contributed by atoms with Crippen LogP contribution in [0.15, 0.2) is 35.7 Å². The molecule has 0 aliphatic rings. The molecule has 0 saturated carbocycles. The molecule has 0 fully saturated rings. The van der Waals surface area contributed by atoms with Gasteiger partial charge in [0.1, 0.15) is 0 Å². The summed E-state index contributed by atoms with van der Waals surface area (Å²) in [4.78, 5) is 40.2. The van der Waals surface area contributed by atoms with Crippen LogP contribution in [0.4, 0.5) is 5.13 Å². The van der Waals surface area contributed by atoms with E-state index in [1.807, 2.05) is 6.07 Å². The number of anilines is 1. The Kier molecular flexibility index (Phi) is 9.99. The molecule has 13 heteroatoms. The van der Waals surface area contributed by atoms with E-state index < -0.39 is 20.7 Å². The Bertz CT molecular complexity index is 707. The first-order chi connectivity index (χ1) is 9.68. The summed E-state index contributed by atoms with van der Waals surface area (Å²) in [6, 6.07) is 9.02. The predicted octanol–water partition coefficient (Wildman–Crippen LogP) is -3.91. The normalized spacial score (nSPS) is 11.5. The molecule has 1 aromatic carbocycles. The second-order valence-electron chi connectivity index (χ2n) is 4.10. The summed E-state index contributed by atoms with van der Waals surface area (Å²) in [6.07, 6.45) is 0. The molecule has 2 aromatic rings. The maximum absolute atomic E-state index is 11.2. The van der Waals surface area contributed by atoms with E-state index in [4.69, 9.17) is 19.6 Å². The SMILES string of the molecule is O=P(O)(O)C(Nc1nc(-c2ccccc2)cs1)P(=O)(O)O.[H-].[H-].[Na+].[Na+]. The van der Waals surface area contributed by atoms with Gasteiger partial charge in [-0.25, -0.2) is 4.98 Å². The molecule has 0 unspecified atom stereocenters. The number of hydrogen-bond acceptors (Lipinski definition) is 5. The van der Waals surface area contributed by atoms with E-state index >= 15 is 0 Å². The van der Waals surface area contributed by atoms with Crippen molar-refractivity contribution >= 4 is 31.7 Å². The van der Waals surface area contributed by atoms with E-state index in [0.717, 1.165) is 16.9 Å². The van der Waals surface area contributed by atoms with E-state index in [-0.39, 0.29) is 67.1 Å². The molecule has 2 rings (SSSR count). The molecule has 0 saturated heterocycles.